The number of unbranched alkanes of at least 4 members (excludes halogenated alkanes) is 3. The summed E-state index contributed by atoms with van der Waals surface area (Å²) in [6.07, 6.45) is 8.11. The Morgan fingerprint density at radius 2 is 2.12 bits per heavy atom. The average molecular weight is 235 g/mol. The highest BCUT2D eigenvalue weighted by Crippen LogP contribution is 2.12. The number of nitrogens with two attached hydrogens (primary N) is 1. The van der Waals surface area contributed by atoms with Crippen LogP contribution in [0.2, 0.25) is 0 Å². The Balaban J connectivity index is 2.23. The predicted molar refractivity (Wildman–Crippen MR) is 69.7 cm³/mol. The van der Waals surface area contributed by atoms with Gasteiger partial charge in [0.05, 0.1) is 11.9 Å². The number of pyridine rings is 1. The molecule has 1 amide bonds. The molecule has 0 atom stereocenters. The molecule has 3 N–H and O–H groups in total. The molecule has 0 aliphatic carbocycles. The van der Waals surface area contributed by atoms with E-state index in [0.717, 1.165) is 43.5 Å². The summed E-state index contributed by atoms with van der Waals surface area (Å²) in [5.41, 5.74) is 7.25. The molecule has 17 heavy (non-hydrogen) atoms. The first-order valence-corrected chi connectivity index (χ1v) is 6.14. The smallest absolute Gasteiger partial charge is 0.224 e. The third-order valence-electron chi connectivity index (χ3n) is 2.67. The molecule has 0 spiro atoms. The van der Waals surface area contributed by atoms with Gasteiger partial charge >= 0.3 is 0 Å². The third kappa shape index (κ3) is 5.45. The zero-order valence-electron chi connectivity index (χ0n) is 10.4. The third-order valence-corrected chi connectivity index (χ3v) is 2.67. The predicted octanol–water partition coefficient (Wildman–Crippen LogP) is 2.24. The van der Waals surface area contributed by atoms with Gasteiger partial charge in [0, 0.05) is 12.6 Å². The second kappa shape index (κ2) is 7.79. The van der Waals surface area contributed by atoms with Crippen LogP contribution < -0.4 is 11.1 Å². The summed E-state index contributed by atoms with van der Waals surface area (Å²) in [6, 6.07) is 1.89. The van der Waals surface area contributed by atoms with E-state index in [1.165, 1.54) is 0 Å². The maximum atomic E-state index is 11.6. The fourth-order valence-corrected chi connectivity index (χ4v) is 1.59. The molecule has 0 aliphatic rings. The van der Waals surface area contributed by atoms with E-state index in [0.29, 0.717) is 6.42 Å². The number of hydrogen-bond donors (Lipinski definition) is 2. The summed E-state index contributed by atoms with van der Waals surface area (Å²) in [6.45, 7) is 2.69. The maximum absolute atomic E-state index is 11.6. The molecule has 0 aliphatic heterocycles. The standard InChI is InChI=1S/C13H21N3O/c1-11-7-9-15-10-12(11)16-13(17)6-4-2-3-5-8-14/h7,9-10H,2-6,8,14H2,1H3,(H,16,17). The van der Waals surface area contributed by atoms with Gasteiger partial charge in [-0.2, -0.15) is 0 Å². The van der Waals surface area contributed by atoms with Crippen LogP contribution in [0.5, 0.6) is 0 Å². The number of anilines is 1. The Morgan fingerprint density at radius 1 is 1.35 bits per heavy atom. The minimum atomic E-state index is 0.0637. The number of aromatic nitrogens is 1. The number of carbonyl (C=O) groups excluding carboxylic acids is 1. The largest absolute Gasteiger partial charge is 0.330 e. The molecule has 4 nitrogen and oxygen atoms in total. The fourth-order valence-electron chi connectivity index (χ4n) is 1.59. The summed E-state index contributed by atoms with van der Waals surface area (Å²) in [5.74, 6) is 0.0637. The summed E-state index contributed by atoms with van der Waals surface area (Å²) in [7, 11) is 0. The molecule has 0 bridgehead atoms. The first kappa shape index (κ1) is 13.6. The van der Waals surface area contributed by atoms with Crippen LogP contribution in [0.4, 0.5) is 5.69 Å². The summed E-state index contributed by atoms with van der Waals surface area (Å²) >= 11 is 0. The van der Waals surface area contributed by atoms with Crippen LogP contribution in [0.15, 0.2) is 18.5 Å². The number of carbonyl (C=O) groups is 1. The Hall–Kier alpha value is -1.42. The van der Waals surface area contributed by atoms with Gasteiger partial charge in [-0.1, -0.05) is 12.8 Å². The monoisotopic (exact) mass is 235 g/mol. The van der Waals surface area contributed by atoms with E-state index < -0.39 is 0 Å². The quantitative estimate of drug-likeness (QED) is 0.712. The van der Waals surface area contributed by atoms with Crippen molar-refractivity contribution in [2.24, 2.45) is 5.73 Å². The number of hydrogen-bond acceptors (Lipinski definition) is 3. The number of nitrogens with zero attached hydrogens (tertiary/aromatic N) is 1. The summed E-state index contributed by atoms with van der Waals surface area (Å²) in [4.78, 5) is 15.6. The lowest BCUT2D eigenvalue weighted by Crippen LogP contribution is -2.12. The van der Waals surface area contributed by atoms with Crippen LogP contribution in [0.1, 0.15) is 37.7 Å². The van der Waals surface area contributed by atoms with E-state index in [4.69, 9.17) is 5.73 Å². The summed E-state index contributed by atoms with van der Waals surface area (Å²) in [5, 5.41) is 2.87. The van der Waals surface area contributed by atoms with Crippen LogP contribution in [0, 0.1) is 6.92 Å². The van der Waals surface area contributed by atoms with Crippen molar-refractivity contribution < 1.29 is 4.79 Å². The molecule has 0 saturated heterocycles. The van der Waals surface area contributed by atoms with Crippen molar-refractivity contribution in [1.29, 1.82) is 0 Å². The van der Waals surface area contributed by atoms with Gasteiger partial charge in [0.1, 0.15) is 0 Å². The maximum Gasteiger partial charge on any atom is 0.224 e. The van der Waals surface area contributed by atoms with Crippen LogP contribution in [0.3, 0.4) is 0 Å². The van der Waals surface area contributed by atoms with Crippen LogP contribution in [-0.2, 0) is 4.79 Å². The number of amides is 1. The van der Waals surface area contributed by atoms with E-state index in [9.17, 15) is 4.79 Å². The Morgan fingerprint density at radius 3 is 2.82 bits per heavy atom. The van der Waals surface area contributed by atoms with Gasteiger partial charge in [-0.05, 0) is 37.9 Å². The SMILES string of the molecule is Cc1ccncc1NC(=O)CCCCCCN. The van der Waals surface area contributed by atoms with E-state index in [1.807, 2.05) is 13.0 Å². The van der Waals surface area contributed by atoms with Crippen molar-refractivity contribution in [3.05, 3.63) is 24.0 Å². The number of aryl methyl sites for hydroxylation is 1. The lowest BCUT2D eigenvalue weighted by Gasteiger charge is -2.07. The van der Waals surface area contributed by atoms with Crippen molar-refractivity contribution >= 4 is 11.6 Å². The van der Waals surface area contributed by atoms with Gasteiger partial charge in [0.25, 0.3) is 0 Å². The highest BCUT2D eigenvalue weighted by atomic mass is 16.1. The molecule has 0 fully saturated rings. The minimum absolute atomic E-state index is 0.0637. The second-order valence-corrected chi connectivity index (χ2v) is 4.19. The normalized spacial score (nSPS) is 10.2. The molecular weight excluding hydrogens is 214 g/mol. The summed E-state index contributed by atoms with van der Waals surface area (Å²) < 4.78 is 0. The van der Waals surface area contributed by atoms with Gasteiger partial charge in [-0.25, -0.2) is 0 Å². The van der Waals surface area contributed by atoms with Crippen molar-refractivity contribution in [1.82, 2.24) is 4.98 Å². The Kier molecular flexibility index (Phi) is 6.25. The van der Waals surface area contributed by atoms with Gasteiger partial charge < -0.3 is 11.1 Å². The van der Waals surface area contributed by atoms with E-state index >= 15 is 0 Å². The highest BCUT2D eigenvalue weighted by molar-refractivity contribution is 5.91. The number of nitrogens with one attached hydrogen (secondary N) is 1. The van der Waals surface area contributed by atoms with E-state index in [-0.39, 0.29) is 5.91 Å². The zero-order valence-corrected chi connectivity index (χ0v) is 10.4. The van der Waals surface area contributed by atoms with Gasteiger partial charge in [0.2, 0.25) is 5.91 Å². The highest BCUT2D eigenvalue weighted by Gasteiger charge is 2.04. The molecule has 0 aromatic carbocycles. The van der Waals surface area contributed by atoms with Gasteiger partial charge in [0.15, 0.2) is 0 Å². The molecule has 4 heteroatoms. The van der Waals surface area contributed by atoms with Crippen molar-refractivity contribution in [3.63, 3.8) is 0 Å². The Bertz CT molecular complexity index is 352. The first-order chi connectivity index (χ1) is 8.24. The molecule has 0 unspecified atom stereocenters. The van der Waals surface area contributed by atoms with Crippen LogP contribution in [-0.4, -0.2) is 17.4 Å². The van der Waals surface area contributed by atoms with Gasteiger partial charge in [-0.3, -0.25) is 9.78 Å². The molecular formula is C13H21N3O. The molecule has 1 heterocycles. The van der Waals surface area contributed by atoms with Crippen molar-refractivity contribution in [2.75, 3.05) is 11.9 Å². The van der Waals surface area contributed by atoms with Gasteiger partial charge in [-0.15, -0.1) is 0 Å². The van der Waals surface area contributed by atoms with Crippen molar-refractivity contribution in [3.8, 4) is 0 Å². The molecule has 0 saturated carbocycles. The zero-order chi connectivity index (χ0) is 12.5. The molecule has 1 aromatic heterocycles. The average Bonchev–Trinajstić information content (AvgIpc) is 2.32. The van der Waals surface area contributed by atoms with Crippen molar-refractivity contribution in [2.45, 2.75) is 39.0 Å². The Labute approximate surface area is 103 Å². The lowest BCUT2D eigenvalue weighted by atomic mass is 10.1. The second-order valence-electron chi connectivity index (χ2n) is 4.19. The fraction of sp³-hybridized carbons (Fsp3) is 0.538. The lowest BCUT2D eigenvalue weighted by molar-refractivity contribution is -0.116. The van der Waals surface area contributed by atoms with Crippen LogP contribution in [0.25, 0.3) is 0 Å². The van der Waals surface area contributed by atoms with E-state index in [1.54, 1.807) is 12.4 Å². The molecule has 1 rings (SSSR count). The molecule has 94 valence electrons. The first-order valence-electron chi connectivity index (χ1n) is 6.14. The number of rotatable bonds is 7. The molecule has 0 radical (unpaired) electrons. The van der Waals surface area contributed by atoms with Crippen LogP contribution >= 0.6 is 0 Å². The molecule has 1 aromatic rings. The minimum Gasteiger partial charge on any atom is -0.330 e. The topological polar surface area (TPSA) is 68.0 Å². The van der Waals surface area contributed by atoms with E-state index in [2.05, 4.69) is 10.3 Å².